The summed E-state index contributed by atoms with van der Waals surface area (Å²) in [6.45, 7) is 0.223. The average Bonchev–Trinajstić information content (AvgIpc) is 2.53. The van der Waals surface area contributed by atoms with Gasteiger partial charge in [-0.1, -0.05) is 0 Å². The molecule has 0 aliphatic rings. The maximum Gasteiger partial charge on any atom is 0.119 e. The van der Waals surface area contributed by atoms with Crippen molar-refractivity contribution < 1.29 is 18.8 Å². The van der Waals surface area contributed by atoms with Crippen LogP contribution in [0.1, 0.15) is 0 Å². The summed E-state index contributed by atoms with van der Waals surface area (Å²) in [4.78, 5) is 1.42. The Labute approximate surface area is 120 Å². The van der Waals surface area contributed by atoms with Gasteiger partial charge in [-0.2, -0.15) is 0 Å². The molecular weight excluding hydrogens is 276 g/mol. The van der Waals surface area contributed by atoms with Gasteiger partial charge >= 0.3 is 0 Å². The molecule has 1 unspecified atom stereocenters. The third kappa shape index (κ3) is 3.59. The topological polar surface area (TPSA) is 55.8 Å². The maximum atomic E-state index is 12.4. The first-order valence-corrected chi connectivity index (χ1v) is 7.29. The predicted octanol–water partition coefficient (Wildman–Crippen LogP) is 2.23. The molecule has 1 N–H and O–H groups in total. The Morgan fingerprint density at radius 2 is 1.45 bits per heavy atom. The molecule has 1 atom stereocenters. The fourth-order valence-corrected chi connectivity index (χ4v) is 2.70. The van der Waals surface area contributed by atoms with Gasteiger partial charge in [0.25, 0.3) is 0 Å². The summed E-state index contributed by atoms with van der Waals surface area (Å²) in [7, 11) is 0.363. The highest BCUT2D eigenvalue weighted by atomic mass is 32.2. The molecule has 0 aliphatic carbocycles. The third-order valence-electron chi connectivity index (χ3n) is 2.67. The van der Waals surface area contributed by atoms with Crippen LogP contribution in [0.15, 0.2) is 58.3 Å². The second kappa shape index (κ2) is 7.07. The zero-order chi connectivity index (χ0) is 14.4. The largest absolute Gasteiger partial charge is 0.497 e. The van der Waals surface area contributed by atoms with Crippen LogP contribution in [-0.2, 0) is 10.8 Å². The predicted molar refractivity (Wildman–Crippen MR) is 76.7 cm³/mol. The molecule has 2 aromatic rings. The van der Waals surface area contributed by atoms with E-state index in [1.165, 1.54) is 0 Å². The maximum absolute atomic E-state index is 12.4. The molecule has 20 heavy (non-hydrogen) atoms. The standard InChI is InChI=1S/C15H16O4S/c1-18-12-2-6-14(7-3-12)20(17)15-8-4-13(5-9-15)19-11-10-16/h2-9,16H,10-11H2,1H3. The van der Waals surface area contributed by atoms with Crippen LogP contribution in [0, 0.1) is 0 Å². The van der Waals surface area contributed by atoms with Gasteiger partial charge in [0.15, 0.2) is 0 Å². The zero-order valence-corrected chi connectivity index (χ0v) is 11.9. The molecule has 5 heteroatoms. The molecule has 0 aromatic heterocycles. The Morgan fingerprint density at radius 1 is 0.950 bits per heavy atom. The minimum absolute atomic E-state index is 0.0282. The van der Waals surface area contributed by atoms with Crippen molar-refractivity contribution >= 4 is 10.8 Å². The second-order valence-electron chi connectivity index (χ2n) is 3.99. The van der Waals surface area contributed by atoms with Gasteiger partial charge in [0.1, 0.15) is 18.1 Å². The van der Waals surface area contributed by atoms with Crippen molar-refractivity contribution in [3.63, 3.8) is 0 Å². The number of benzene rings is 2. The molecule has 2 rings (SSSR count). The Bertz CT molecular complexity index is 563. The molecule has 2 aromatic carbocycles. The summed E-state index contributed by atoms with van der Waals surface area (Å²) >= 11 is 0. The van der Waals surface area contributed by atoms with E-state index in [2.05, 4.69) is 0 Å². The van der Waals surface area contributed by atoms with Gasteiger partial charge in [0, 0.05) is 9.79 Å². The molecule has 106 valence electrons. The lowest BCUT2D eigenvalue weighted by Crippen LogP contribution is -2.01. The fraction of sp³-hybridized carbons (Fsp3) is 0.200. The van der Waals surface area contributed by atoms with Crippen LogP contribution >= 0.6 is 0 Å². The van der Waals surface area contributed by atoms with Crippen LogP contribution in [0.3, 0.4) is 0 Å². The smallest absolute Gasteiger partial charge is 0.119 e. The highest BCUT2D eigenvalue weighted by Gasteiger charge is 2.07. The molecule has 0 fully saturated rings. The van der Waals surface area contributed by atoms with Gasteiger partial charge in [-0.15, -0.1) is 0 Å². The Balaban J connectivity index is 2.11. The lowest BCUT2D eigenvalue weighted by atomic mass is 10.3. The van der Waals surface area contributed by atoms with E-state index in [9.17, 15) is 4.21 Å². The normalized spacial score (nSPS) is 11.9. The summed E-state index contributed by atoms with van der Waals surface area (Å²) in [5.74, 6) is 1.38. The van der Waals surface area contributed by atoms with Crippen molar-refractivity contribution in [2.24, 2.45) is 0 Å². The number of hydrogen-bond donors (Lipinski definition) is 1. The van der Waals surface area contributed by atoms with Gasteiger partial charge in [-0.25, -0.2) is 4.21 Å². The van der Waals surface area contributed by atoms with Gasteiger partial charge < -0.3 is 14.6 Å². The Kier molecular flexibility index (Phi) is 5.15. The van der Waals surface area contributed by atoms with Gasteiger partial charge in [-0.3, -0.25) is 0 Å². The van der Waals surface area contributed by atoms with Crippen LogP contribution in [0.4, 0.5) is 0 Å². The monoisotopic (exact) mass is 292 g/mol. The number of aliphatic hydroxyl groups excluding tert-OH is 1. The van der Waals surface area contributed by atoms with Gasteiger partial charge in [0.05, 0.1) is 24.5 Å². The van der Waals surface area contributed by atoms with Crippen molar-refractivity contribution in [1.82, 2.24) is 0 Å². The van der Waals surface area contributed by atoms with Crippen molar-refractivity contribution in [2.75, 3.05) is 20.3 Å². The summed E-state index contributed by atoms with van der Waals surface area (Å²) in [5, 5.41) is 8.68. The van der Waals surface area contributed by atoms with Crippen LogP contribution in [-0.4, -0.2) is 29.6 Å². The number of ether oxygens (including phenoxy) is 2. The van der Waals surface area contributed by atoms with E-state index in [1.807, 2.05) is 0 Å². The molecular formula is C15H16O4S. The Morgan fingerprint density at radius 3 is 1.90 bits per heavy atom. The first kappa shape index (κ1) is 14.6. The highest BCUT2D eigenvalue weighted by Crippen LogP contribution is 2.21. The summed E-state index contributed by atoms with van der Waals surface area (Å²) in [6, 6.07) is 14.1. The van der Waals surface area contributed by atoms with E-state index >= 15 is 0 Å². The second-order valence-corrected chi connectivity index (χ2v) is 5.47. The first-order chi connectivity index (χ1) is 9.74. The lowest BCUT2D eigenvalue weighted by molar-refractivity contribution is 0.201. The van der Waals surface area contributed by atoms with E-state index in [0.29, 0.717) is 10.6 Å². The van der Waals surface area contributed by atoms with Crippen LogP contribution in [0.25, 0.3) is 0 Å². The molecule has 0 radical (unpaired) electrons. The summed E-state index contributed by atoms with van der Waals surface area (Å²) in [5.41, 5.74) is 0. The number of rotatable bonds is 6. The van der Waals surface area contributed by atoms with Crippen molar-refractivity contribution in [1.29, 1.82) is 0 Å². The van der Waals surface area contributed by atoms with Crippen molar-refractivity contribution in [3.05, 3.63) is 48.5 Å². The van der Waals surface area contributed by atoms with Crippen molar-refractivity contribution in [2.45, 2.75) is 9.79 Å². The molecule has 0 amide bonds. The molecule has 0 bridgehead atoms. The SMILES string of the molecule is COc1ccc(S(=O)c2ccc(OCCO)cc2)cc1. The van der Waals surface area contributed by atoms with Crippen molar-refractivity contribution in [3.8, 4) is 11.5 Å². The lowest BCUT2D eigenvalue weighted by Gasteiger charge is -2.06. The van der Waals surface area contributed by atoms with Crippen LogP contribution < -0.4 is 9.47 Å². The molecule has 0 spiro atoms. The van der Waals surface area contributed by atoms with E-state index in [1.54, 1.807) is 55.6 Å². The zero-order valence-electron chi connectivity index (χ0n) is 11.1. The highest BCUT2D eigenvalue weighted by molar-refractivity contribution is 7.85. The number of aliphatic hydroxyl groups is 1. The van der Waals surface area contributed by atoms with E-state index in [-0.39, 0.29) is 13.2 Å². The quantitative estimate of drug-likeness (QED) is 0.887. The van der Waals surface area contributed by atoms with Gasteiger partial charge in [-0.05, 0) is 48.5 Å². The average molecular weight is 292 g/mol. The summed E-state index contributed by atoms with van der Waals surface area (Å²) in [6.07, 6.45) is 0. The number of hydrogen-bond acceptors (Lipinski definition) is 4. The van der Waals surface area contributed by atoms with E-state index in [0.717, 1.165) is 10.6 Å². The van der Waals surface area contributed by atoms with Crippen LogP contribution in [0.5, 0.6) is 11.5 Å². The minimum atomic E-state index is -1.23. The molecule has 4 nitrogen and oxygen atoms in total. The summed E-state index contributed by atoms with van der Waals surface area (Å²) < 4.78 is 22.7. The third-order valence-corrected chi connectivity index (χ3v) is 4.07. The van der Waals surface area contributed by atoms with E-state index in [4.69, 9.17) is 14.6 Å². The Hall–Kier alpha value is -1.85. The first-order valence-electron chi connectivity index (χ1n) is 6.14. The van der Waals surface area contributed by atoms with Gasteiger partial charge in [0.2, 0.25) is 0 Å². The molecule has 0 saturated carbocycles. The molecule has 0 saturated heterocycles. The number of methoxy groups -OCH3 is 1. The minimum Gasteiger partial charge on any atom is -0.497 e. The molecule has 0 heterocycles. The van der Waals surface area contributed by atoms with Crippen LogP contribution in [0.2, 0.25) is 0 Å². The molecule has 0 aliphatic heterocycles. The fourth-order valence-electron chi connectivity index (χ4n) is 1.66. The van der Waals surface area contributed by atoms with E-state index < -0.39 is 10.8 Å².